The number of sulfone groups is 1. The lowest BCUT2D eigenvalue weighted by atomic mass is 10.1. The number of carboxylic acid groups (broad SMARTS) is 1. The Balaban J connectivity index is 1.32. The van der Waals surface area contributed by atoms with Gasteiger partial charge in [-0.1, -0.05) is 19.1 Å². The van der Waals surface area contributed by atoms with Crippen LogP contribution in [0.4, 0.5) is 4.79 Å². The van der Waals surface area contributed by atoms with Gasteiger partial charge < -0.3 is 19.9 Å². The summed E-state index contributed by atoms with van der Waals surface area (Å²) < 4.78 is 26.1. The summed E-state index contributed by atoms with van der Waals surface area (Å²) in [5, 5.41) is 12.4. The highest BCUT2D eigenvalue weighted by Gasteiger charge is 2.33. The molecule has 1 saturated heterocycles. The molecule has 2 N–H and O–H groups in total. The molecule has 36 heavy (non-hydrogen) atoms. The number of nitrogens with zero attached hydrogens (tertiary/aromatic N) is 3. The molecule has 1 aliphatic carbocycles. The van der Waals surface area contributed by atoms with Gasteiger partial charge in [0.1, 0.15) is 5.82 Å². The minimum Gasteiger partial charge on any atom is -0.465 e. The van der Waals surface area contributed by atoms with E-state index < -0.39 is 15.9 Å². The van der Waals surface area contributed by atoms with Gasteiger partial charge in [-0.2, -0.15) is 0 Å². The molecule has 2 aromatic carbocycles. The molecule has 1 unspecified atom stereocenters. The summed E-state index contributed by atoms with van der Waals surface area (Å²) in [6.07, 6.45) is 2.96. The number of rotatable bonds is 8. The van der Waals surface area contributed by atoms with Crippen molar-refractivity contribution in [3.63, 3.8) is 0 Å². The van der Waals surface area contributed by atoms with E-state index in [1.165, 1.54) is 4.90 Å². The highest BCUT2D eigenvalue weighted by molar-refractivity contribution is 7.91. The Morgan fingerprint density at radius 2 is 1.86 bits per heavy atom. The van der Waals surface area contributed by atoms with E-state index in [4.69, 9.17) is 4.98 Å². The van der Waals surface area contributed by atoms with Crippen LogP contribution in [0.5, 0.6) is 0 Å². The number of amides is 2. The maximum absolute atomic E-state index is 12.9. The van der Waals surface area contributed by atoms with E-state index in [2.05, 4.69) is 9.88 Å². The Labute approximate surface area is 210 Å². The molecule has 0 radical (unpaired) electrons. The zero-order valence-corrected chi connectivity index (χ0v) is 21.0. The Morgan fingerprint density at radius 1 is 1.11 bits per heavy atom. The van der Waals surface area contributed by atoms with Gasteiger partial charge in [-0.05, 0) is 61.6 Å². The molecule has 2 amide bonds. The average molecular weight is 511 g/mol. The van der Waals surface area contributed by atoms with Gasteiger partial charge in [0, 0.05) is 31.1 Å². The van der Waals surface area contributed by atoms with E-state index in [0.29, 0.717) is 24.6 Å². The Bertz CT molecular complexity index is 1410. The lowest BCUT2D eigenvalue weighted by Gasteiger charge is -2.23. The van der Waals surface area contributed by atoms with Crippen LogP contribution in [-0.2, 0) is 22.9 Å². The van der Waals surface area contributed by atoms with Crippen molar-refractivity contribution in [1.29, 1.82) is 0 Å². The molecule has 2 heterocycles. The van der Waals surface area contributed by atoms with Gasteiger partial charge in [0.2, 0.25) is 0 Å². The van der Waals surface area contributed by atoms with Gasteiger partial charge >= 0.3 is 6.09 Å². The second-order valence-electron chi connectivity index (χ2n) is 9.56. The number of nitrogens with one attached hydrogen (secondary N) is 1. The Morgan fingerprint density at radius 3 is 2.53 bits per heavy atom. The molecule has 9 nitrogen and oxygen atoms in total. The van der Waals surface area contributed by atoms with Crippen LogP contribution in [0.15, 0.2) is 47.4 Å². The second kappa shape index (κ2) is 9.57. The van der Waals surface area contributed by atoms with E-state index in [1.54, 1.807) is 43.3 Å². The average Bonchev–Trinajstić information content (AvgIpc) is 3.51. The monoisotopic (exact) mass is 510 g/mol. The van der Waals surface area contributed by atoms with E-state index >= 15 is 0 Å². The van der Waals surface area contributed by atoms with Gasteiger partial charge in [0.15, 0.2) is 9.84 Å². The summed E-state index contributed by atoms with van der Waals surface area (Å²) in [4.78, 5) is 31.1. The van der Waals surface area contributed by atoms with E-state index in [1.807, 2.05) is 6.07 Å². The first kappa shape index (κ1) is 24.3. The normalized spacial score (nSPS) is 18.0. The number of aromatic nitrogens is 2. The van der Waals surface area contributed by atoms with Crippen LogP contribution in [0.2, 0.25) is 0 Å². The number of likely N-dealkylation sites (tertiary alicyclic amines) is 1. The maximum Gasteiger partial charge on any atom is 0.407 e. The van der Waals surface area contributed by atoms with Crippen LogP contribution in [0.25, 0.3) is 11.0 Å². The first-order valence-corrected chi connectivity index (χ1v) is 14.0. The van der Waals surface area contributed by atoms with Crippen molar-refractivity contribution in [3.8, 4) is 0 Å². The van der Waals surface area contributed by atoms with Crippen LogP contribution in [0.1, 0.15) is 60.3 Å². The highest BCUT2D eigenvalue weighted by Crippen LogP contribution is 2.41. The van der Waals surface area contributed by atoms with E-state index in [0.717, 1.165) is 48.1 Å². The van der Waals surface area contributed by atoms with Gasteiger partial charge in [0.05, 0.1) is 27.7 Å². The largest absolute Gasteiger partial charge is 0.465 e. The first-order chi connectivity index (χ1) is 17.3. The Hall–Kier alpha value is -3.40. The summed E-state index contributed by atoms with van der Waals surface area (Å²) in [5.41, 5.74) is 2.95. The molecule has 1 aliphatic heterocycles. The van der Waals surface area contributed by atoms with Crippen molar-refractivity contribution in [3.05, 3.63) is 59.4 Å². The summed E-state index contributed by atoms with van der Waals surface area (Å²) >= 11 is 0. The predicted molar refractivity (Wildman–Crippen MR) is 135 cm³/mol. The SMILES string of the molecule is CCS(=O)(=O)c1ccc(CNC(=O)c2ccc3c(c2)nc(C2CC2)n3CC2CCCN2C(=O)O)cc1. The predicted octanol–water partition coefficient (Wildman–Crippen LogP) is 3.78. The summed E-state index contributed by atoms with van der Waals surface area (Å²) in [6.45, 7) is 3.02. The molecule has 5 rings (SSSR count). The number of carbonyl (C=O) groups is 2. The Kier molecular flexibility index (Phi) is 6.46. The topological polar surface area (TPSA) is 122 Å². The van der Waals surface area contributed by atoms with Crippen molar-refractivity contribution in [1.82, 2.24) is 19.8 Å². The number of hydrogen-bond acceptors (Lipinski definition) is 5. The lowest BCUT2D eigenvalue weighted by Crippen LogP contribution is -2.37. The van der Waals surface area contributed by atoms with Crippen LogP contribution in [0, 0.1) is 0 Å². The van der Waals surface area contributed by atoms with Gasteiger partial charge in [-0.25, -0.2) is 18.2 Å². The summed E-state index contributed by atoms with van der Waals surface area (Å²) in [7, 11) is -3.26. The van der Waals surface area contributed by atoms with Gasteiger partial charge in [0.25, 0.3) is 5.91 Å². The van der Waals surface area contributed by atoms with Crippen molar-refractivity contribution < 1.29 is 23.1 Å². The molecule has 1 aromatic heterocycles. The third-order valence-electron chi connectivity index (χ3n) is 7.11. The molecule has 2 fully saturated rings. The van der Waals surface area contributed by atoms with E-state index in [-0.39, 0.29) is 29.1 Å². The number of imidazole rings is 1. The van der Waals surface area contributed by atoms with Gasteiger partial charge in [-0.3, -0.25) is 4.79 Å². The van der Waals surface area contributed by atoms with Crippen molar-refractivity contribution in [2.24, 2.45) is 0 Å². The molecule has 0 bridgehead atoms. The van der Waals surface area contributed by atoms with Crippen molar-refractivity contribution in [2.75, 3.05) is 12.3 Å². The fourth-order valence-corrected chi connectivity index (χ4v) is 5.77. The zero-order chi connectivity index (χ0) is 25.4. The lowest BCUT2D eigenvalue weighted by molar-refractivity contribution is 0.0950. The number of carbonyl (C=O) groups excluding carboxylic acids is 1. The van der Waals surface area contributed by atoms with Crippen LogP contribution in [-0.4, -0.2) is 58.3 Å². The molecule has 0 spiro atoms. The third-order valence-corrected chi connectivity index (χ3v) is 8.86. The van der Waals surface area contributed by atoms with Crippen LogP contribution < -0.4 is 5.32 Å². The summed E-state index contributed by atoms with van der Waals surface area (Å²) in [6, 6.07) is 11.9. The summed E-state index contributed by atoms with van der Waals surface area (Å²) in [5.74, 6) is 1.16. The molecule has 2 aliphatic rings. The number of fused-ring (bicyclic) bond motifs is 1. The molecule has 3 aromatic rings. The fourth-order valence-electron chi connectivity index (χ4n) is 4.89. The quantitative estimate of drug-likeness (QED) is 0.476. The molecule has 1 saturated carbocycles. The van der Waals surface area contributed by atoms with Crippen molar-refractivity contribution >= 4 is 32.9 Å². The van der Waals surface area contributed by atoms with Crippen LogP contribution in [0.3, 0.4) is 0 Å². The molecule has 10 heteroatoms. The molecular weight excluding hydrogens is 480 g/mol. The molecule has 1 atom stereocenters. The molecule has 190 valence electrons. The van der Waals surface area contributed by atoms with Crippen molar-refractivity contribution in [2.45, 2.75) is 62.6 Å². The maximum atomic E-state index is 12.9. The minimum absolute atomic E-state index is 0.0439. The minimum atomic E-state index is -3.26. The zero-order valence-electron chi connectivity index (χ0n) is 20.2. The van der Waals surface area contributed by atoms with Gasteiger partial charge in [-0.15, -0.1) is 0 Å². The van der Waals surface area contributed by atoms with Crippen LogP contribution >= 0.6 is 0 Å². The number of hydrogen-bond donors (Lipinski definition) is 2. The van der Waals surface area contributed by atoms with E-state index in [9.17, 15) is 23.1 Å². The standard InChI is InChI=1S/C26H30N4O5S/c1-2-36(34,35)21-10-5-17(6-11-21)15-27-25(31)19-9-12-23-22(14-19)28-24(18-7-8-18)30(23)16-20-4-3-13-29(20)26(32)33/h5-6,9-12,14,18,20H,2-4,7-8,13,15-16H2,1H3,(H,27,31)(H,32,33). The number of benzene rings is 2. The molecular formula is C26H30N4O5S. The third kappa shape index (κ3) is 4.82. The highest BCUT2D eigenvalue weighted by atomic mass is 32.2. The fraction of sp³-hybridized carbons (Fsp3) is 0.423. The first-order valence-electron chi connectivity index (χ1n) is 12.4. The second-order valence-corrected chi connectivity index (χ2v) is 11.8. The smallest absolute Gasteiger partial charge is 0.407 e.